The molecule has 0 fully saturated rings. The van der Waals surface area contributed by atoms with Gasteiger partial charge in [-0.1, -0.05) is 11.6 Å². The topological polar surface area (TPSA) is 87.1 Å². The van der Waals surface area contributed by atoms with E-state index in [0.29, 0.717) is 5.02 Å². The molecule has 1 aromatic heterocycles. The lowest BCUT2D eigenvalue weighted by Gasteiger charge is -2.07. The van der Waals surface area contributed by atoms with E-state index in [1.54, 1.807) is 0 Å². The molecular formula is C12H10ClN3O4. The van der Waals surface area contributed by atoms with Crippen LogP contribution in [-0.2, 0) is 13.6 Å². The van der Waals surface area contributed by atoms with Crippen LogP contribution in [0.15, 0.2) is 40.1 Å². The van der Waals surface area contributed by atoms with Gasteiger partial charge in [0.1, 0.15) is 0 Å². The Labute approximate surface area is 117 Å². The van der Waals surface area contributed by atoms with Gasteiger partial charge in [0.25, 0.3) is 11.2 Å². The van der Waals surface area contributed by atoms with Gasteiger partial charge in [0, 0.05) is 30.4 Å². The Morgan fingerprint density at radius 2 is 2.00 bits per heavy atom. The summed E-state index contributed by atoms with van der Waals surface area (Å²) in [5.41, 5.74) is -1.06. The SMILES string of the molecule is Cn1ccc(=O)n(Cc2cc(Cl)ccc2[N+](=O)[O-])c1=O. The Hall–Kier alpha value is -2.41. The lowest BCUT2D eigenvalue weighted by Crippen LogP contribution is -2.38. The number of nitro benzene ring substituents is 1. The Kier molecular flexibility index (Phi) is 3.71. The minimum Gasteiger partial charge on any atom is -0.303 e. The molecule has 0 aliphatic heterocycles. The summed E-state index contributed by atoms with van der Waals surface area (Å²) in [6.07, 6.45) is 1.34. The molecule has 7 nitrogen and oxygen atoms in total. The second-order valence-electron chi connectivity index (χ2n) is 4.16. The molecule has 20 heavy (non-hydrogen) atoms. The van der Waals surface area contributed by atoms with E-state index in [1.807, 2.05) is 0 Å². The zero-order valence-electron chi connectivity index (χ0n) is 10.4. The van der Waals surface area contributed by atoms with Crippen molar-refractivity contribution in [2.24, 2.45) is 7.05 Å². The van der Waals surface area contributed by atoms with Gasteiger partial charge in [-0.15, -0.1) is 0 Å². The first-order chi connectivity index (χ1) is 9.40. The number of halogens is 1. The number of rotatable bonds is 3. The Morgan fingerprint density at radius 3 is 2.65 bits per heavy atom. The number of benzene rings is 1. The Morgan fingerprint density at radius 1 is 1.30 bits per heavy atom. The molecule has 0 aliphatic carbocycles. The van der Waals surface area contributed by atoms with Crippen molar-refractivity contribution in [2.45, 2.75) is 6.54 Å². The third-order valence-corrected chi connectivity index (χ3v) is 3.04. The molecule has 1 aromatic carbocycles. The number of nitrogens with zero attached hydrogens (tertiary/aromatic N) is 3. The maximum absolute atomic E-state index is 11.9. The van der Waals surface area contributed by atoms with Crippen LogP contribution in [0.1, 0.15) is 5.56 Å². The number of nitro groups is 1. The van der Waals surface area contributed by atoms with Crippen molar-refractivity contribution in [2.75, 3.05) is 0 Å². The highest BCUT2D eigenvalue weighted by Gasteiger charge is 2.16. The Bertz CT molecular complexity index is 794. The summed E-state index contributed by atoms with van der Waals surface area (Å²) >= 11 is 5.81. The summed E-state index contributed by atoms with van der Waals surface area (Å²) in [6, 6.07) is 5.22. The van der Waals surface area contributed by atoms with Crippen LogP contribution in [0.2, 0.25) is 5.02 Å². The lowest BCUT2D eigenvalue weighted by atomic mass is 10.2. The van der Waals surface area contributed by atoms with E-state index in [-0.39, 0.29) is 17.8 Å². The summed E-state index contributed by atoms with van der Waals surface area (Å²) in [7, 11) is 1.49. The largest absolute Gasteiger partial charge is 0.331 e. The summed E-state index contributed by atoms with van der Waals surface area (Å²) in [4.78, 5) is 34.0. The predicted octanol–water partition coefficient (Wildman–Crippen LogP) is 1.16. The second-order valence-corrected chi connectivity index (χ2v) is 4.60. The fourth-order valence-electron chi connectivity index (χ4n) is 1.79. The minimum atomic E-state index is -0.579. The first-order valence-corrected chi connectivity index (χ1v) is 5.97. The Balaban J connectivity index is 2.59. The highest BCUT2D eigenvalue weighted by molar-refractivity contribution is 6.30. The molecule has 0 spiro atoms. The van der Waals surface area contributed by atoms with Gasteiger partial charge in [0.2, 0.25) is 0 Å². The molecule has 0 bridgehead atoms. The quantitative estimate of drug-likeness (QED) is 0.628. The standard InChI is InChI=1S/C12H10ClN3O4/c1-14-5-4-11(17)15(12(14)18)7-8-6-9(13)2-3-10(8)16(19)20/h2-6H,7H2,1H3. The molecule has 0 N–H and O–H groups in total. The van der Waals surface area contributed by atoms with Crippen molar-refractivity contribution in [3.63, 3.8) is 0 Å². The van der Waals surface area contributed by atoms with E-state index in [0.717, 1.165) is 4.57 Å². The van der Waals surface area contributed by atoms with Crippen molar-refractivity contribution >= 4 is 17.3 Å². The van der Waals surface area contributed by atoms with Crippen LogP contribution in [0.4, 0.5) is 5.69 Å². The number of aromatic nitrogens is 2. The molecular weight excluding hydrogens is 286 g/mol. The normalized spacial score (nSPS) is 10.5. The van der Waals surface area contributed by atoms with Crippen LogP contribution in [0.3, 0.4) is 0 Å². The second kappa shape index (κ2) is 5.30. The predicted molar refractivity (Wildman–Crippen MR) is 73.2 cm³/mol. The summed E-state index contributed by atoms with van der Waals surface area (Å²) < 4.78 is 2.14. The maximum Gasteiger partial charge on any atom is 0.331 e. The number of hydrogen-bond acceptors (Lipinski definition) is 4. The van der Waals surface area contributed by atoms with Gasteiger partial charge in [-0.3, -0.25) is 19.5 Å². The zero-order chi connectivity index (χ0) is 14.9. The smallest absolute Gasteiger partial charge is 0.303 e. The van der Waals surface area contributed by atoms with Crippen LogP contribution in [-0.4, -0.2) is 14.1 Å². The van der Waals surface area contributed by atoms with Gasteiger partial charge in [-0.05, 0) is 12.1 Å². The fourth-order valence-corrected chi connectivity index (χ4v) is 1.98. The van der Waals surface area contributed by atoms with E-state index in [4.69, 9.17) is 11.6 Å². The van der Waals surface area contributed by atoms with Crippen molar-refractivity contribution in [1.82, 2.24) is 9.13 Å². The van der Waals surface area contributed by atoms with E-state index in [2.05, 4.69) is 0 Å². The van der Waals surface area contributed by atoms with Crippen LogP contribution in [0.5, 0.6) is 0 Å². The van der Waals surface area contributed by atoms with Gasteiger partial charge in [0.05, 0.1) is 17.0 Å². The summed E-state index contributed by atoms with van der Waals surface area (Å²) in [6.45, 7) is -0.205. The van der Waals surface area contributed by atoms with Crippen LogP contribution in [0.25, 0.3) is 0 Å². The average molecular weight is 296 g/mol. The van der Waals surface area contributed by atoms with Crippen molar-refractivity contribution in [3.05, 3.63) is 72.0 Å². The van der Waals surface area contributed by atoms with Crippen LogP contribution < -0.4 is 11.2 Å². The number of aryl methyl sites for hydroxylation is 1. The first kappa shape index (κ1) is 14.0. The monoisotopic (exact) mass is 295 g/mol. The average Bonchev–Trinajstić information content (AvgIpc) is 2.39. The first-order valence-electron chi connectivity index (χ1n) is 5.59. The van der Waals surface area contributed by atoms with Crippen LogP contribution in [0, 0.1) is 10.1 Å². The highest BCUT2D eigenvalue weighted by atomic mass is 35.5. The van der Waals surface area contributed by atoms with E-state index in [9.17, 15) is 19.7 Å². The summed E-state index contributed by atoms with van der Waals surface area (Å²) in [5.74, 6) is 0. The molecule has 104 valence electrons. The van der Waals surface area contributed by atoms with E-state index in [1.165, 1.54) is 42.1 Å². The summed E-state index contributed by atoms with van der Waals surface area (Å²) in [5, 5.41) is 11.2. The van der Waals surface area contributed by atoms with E-state index >= 15 is 0 Å². The molecule has 0 amide bonds. The lowest BCUT2D eigenvalue weighted by molar-refractivity contribution is -0.385. The van der Waals surface area contributed by atoms with Gasteiger partial charge in [0.15, 0.2) is 0 Å². The molecule has 2 rings (SSSR count). The van der Waals surface area contributed by atoms with Gasteiger partial charge in [-0.2, -0.15) is 0 Å². The molecule has 0 aliphatic rings. The van der Waals surface area contributed by atoms with Gasteiger partial charge in [-0.25, -0.2) is 4.79 Å². The van der Waals surface area contributed by atoms with Crippen molar-refractivity contribution in [1.29, 1.82) is 0 Å². The van der Waals surface area contributed by atoms with Gasteiger partial charge < -0.3 is 4.57 Å². The molecule has 0 atom stereocenters. The maximum atomic E-state index is 11.9. The third-order valence-electron chi connectivity index (χ3n) is 2.81. The van der Waals surface area contributed by atoms with E-state index < -0.39 is 16.2 Å². The molecule has 8 heteroatoms. The molecule has 0 unspecified atom stereocenters. The molecule has 1 heterocycles. The zero-order valence-corrected chi connectivity index (χ0v) is 11.2. The van der Waals surface area contributed by atoms with Crippen molar-refractivity contribution in [3.8, 4) is 0 Å². The minimum absolute atomic E-state index is 0.188. The highest BCUT2D eigenvalue weighted by Crippen LogP contribution is 2.22. The van der Waals surface area contributed by atoms with Crippen molar-refractivity contribution < 1.29 is 4.92 Å². The fraction of sp³-hybridized carbons (Fsp3) is 0.167. The van der Waals surface area contributed by atoms with Gasteiger partial charge >= 0.3 is 5.69 Å². The number of hydrogen-bond donors (Lipinski definition) is 0. The molecule has 0 radical (unpaired) electrons. The molecule has 2 aromatic rings. The molecule has 0 saturated heterocycles. The third kappa shape index (κ3) is 2.62. The van der Waals surface area contributed by atoms with Crippen LogP contribution >= 0.6 is 11.6 Å². The molecule has 0 saturated carbocycles.